The Morgan fingerprint density at radius 1 is 1.50 bits per heavy atom. The van der Waals surface area contributed by atoms with E-state index in [1.807, 2.05) is 11.4 Å². The van der Waals surface area contributed by atoms with Crippen LogP contribution in [0.4, 0.5) is 13.2 Å². The number of nitrogens with two attached hydrogens (primary N) is 1. The fraction of sp³-hybridized carbons (Fsp3) is 0.556. The number of rotatable bonds is 5. The van der Waals surface area contributed by atoms with Crippen LogP contribution < -0.4 is 11.3 Å². The second-order valence-electron chi connectivity index (χ2n) is 3.41. The largest absolute Gasteiger partial charge is 0.389 e. The summed E-state index contributed by atoms with van der Waals surface area (Å²) in [6, 6.07) is 1.74. The number of alkyl halides is 3. The number of thiophene rings is 1. The smallest absolute Gasteiger partial charge is 0.271 e. The molecule has 1 unspecified atom stereocenters. The molecule has 0 bridgehead atoms. The molecular formula is C9H12F3IN2S. The molecule has 1 aromatic rings. The Kier molecular flexibility index (Phi) is 5.48. The molecule has 3 N–H and O–H groups in total. The lowest BCUT2D eigenvalue weighted by Crippen LogP contribution is -2.28. The van der Waals surface area contributed by atoms with E-state index in [-0.39, 0.29) is 12.5 Å². The van der Waals surface area contributed by atoms with Crippen molar-refractivity contribution in [2.24, 2.45) is 5.84 Å². The van der Waals surface area contributed by atoms with Crippen molar-refractivity contribution in [3.63, 3.8) is 0 Å². The first kappa shape index (κ1) is 14.2. The van der Waals surface area contributed by atoms with Gasteiger partial charge in [0, 0.05) is 12.5 Å². The predicted octanol–water partition coefficient (Wildman–Crippen LogP) is 3.59. The lowest BCUT2D eigenvalue weighted by Gasteiger charge is -2.14. The Balaban J connectivity index is 2.44. The topological polar surface area (TPSA) is 38.0 Å². The maximum Gasteiger partial charge on any atom is 0.389 e. The highest BCUT2D eigenvalue weighted by atomic mass is 127. The Morgan fingerprint density at radius 3 is 2.62 bits per heavy atom. The minimum atomic E-state index is -4.08. The van der Waals surface area contributed by atoms with Crippen LogP contribution in [-0.2, 0) is 0 Å². The van der Waals surface area contributed by atoms with E-state index in [1.54, 1.807) is 11.3 Å². The van der Waals surface area contributed by atoms with Crippen molar-refractivity contribution in [1.82, 2.24) is 5.43 Å². The van der Waals surface area contributed by atoms with Gasteiger partial charge in [0.1, 0.15) is 0 Å². The monoisotopic (exact) mass is 364 g/mol. The third-order valence-electron chi connectivity index (χ3n) is 2.14. The maximum absolute atomic E-state index is 12.0. The Hall–Kier alpha value is 0.140. The summed E-state index contributed by atoms with van der Waals surface area (Å²) in [7, 11) is 0. The lowest BCUT2D eigenvalue weighted by molar-refractivity contribution is -0.135. The van der Waals surface area contributed by atoms with Crippen LogP contribution in [0.25, 0.3) is 0 Å². The fourth-order valence-electron chi connectivity index (χ4n) is 1.36. The summed E-state index contributed by atoms with van der Waals surface area (Å²) in [4.78, 5) is 0. The van der Waals surface area contributed by atoms with Crippen LogP contribution >= 0.6 is 33.9 Å². The third kappa shape index (κ3) is 4.98. The van der Waals surface area contributed by atoms with Gasteiger partial charge in [0.05, 0.1) is 2.88 Å². The van der Waals surface area contributed by atoms with E-state index in [1.165, 1.54) is 0 Å². The van der Waals surface area contributed by atoms with Gasteiger partial charge in [0.25, 0.3) is 0 Å². The van der Waals surface area contributed by atoms with Gasteiger partial charge in [-0.05, 0) is 52.4 Å². The summed E-state index contributed by atoms with van der Waals surface area (Å²) < 4.78 is 37.0. The van der Waals surface area contributed by atoms with Gasteiger partial charge < -0.3 is 0 Å². The molecular weight excluding hydrogens is 352 g/mol. The Labute approximate surface area is 110 Å². The molecule has 0 aliphatic rings. The van der Waals surface area contributed by atoms with Crippen molar-refractivity contribution in [2.75, 3.05) is 0 Å². The van der Waals surface area contributed by atoms with Crippen LogP contribution in [0.3, 0.4) is 0 Å². The molecule has 1 heterocycles. The molecule has 0 amide bonds. The zero-order valence-electron chi connectivity index (χ0n) is 8.35. The first-order chi connectivity index (χ1) is 7.42. The second kappa shape index (κ2) is 6.18. The van der Waals surface area contributed by atoms with Crippen LogP contribution in [0.1, 0.15) is 30.9 Å². The van der Waals surface area contributed by atoms with Crippen molar-refractivity contribution in [3.05, 3.63) is 19.9 Å². The third-order valence-corrected chi connectivity index (χ3v) is 3.95. The zero-order chi connectivity index (χ0) is 12.2. The summed E-state index contributed by atoms with van der Waals surface area (Å²) in [5, 5.41) is 1.92. The molecule has 1 rings (SSSR count). The van der Waals surface area contributed by atoms with Crippen LogP contribution in [-0.4, -0.2) is 6.18 Å². The molecule has 1 atom stereocenters. The average Bonchev–Trinajstić information content (AvgIpc) is 2.58. The molecule has 1 aromatic heterocycles. The number of halogens is 4. The summed E-state index contributed by atoms with van der Waals surface area (Å²) in [6.45, 7) is 0. The highest BCUT2D eigenvalue weighted by Gasteiger charge is 2.26. The minimum Gasteiger partial charge on any atom is -0.271 e. The van der Waals surface area contributed by atoms with E-state index in [0.29, 0.717) is 6.42 Å². The van der Waals surface area contributed by atoms with E-state index < -0.39 is 12.6 Å². The molecule has 0 fully saturated rings. The zero-order valence-corrected chi connectivity index (χ0v) is 11.3. The van der Waals surface area contributed by atoms with Gasteiger partial charge in [-0.15, -0.1) is 11.3 Å². The average molecular weight is 364 g/mol. The van der Waals surface area contributed by atoms with Gasteiger partial charge in [0.15, 0.2) is 0 Å². The van der Waals surface area contributed by atoms with Gasteiger partial charge in [-0.2, -0.15) is 13.2 Å². The van der Waals surface area contributed by atoms with Crippen molar-refractivity contribution < 1.29 is 13.2 Å². The standard InChI is InChI=1S/C9H12F3IN2S/c10-9(11,12)3-1-2-7(15-14)6-4-8(13)16-5-6/h4-5,7,15H,1-3,14H2. The van der Waals surface area contributed by atoms with Gasteiger partial charge in [-0.25, -0.2) is 0 Å². The maximum atomic E-state index is 12.0. The number of hydrogen-bond acceptors (Lipinski definition) is 3. The molecule has 0 saturated carbocycles. The highest BCUT2D eigenvalue weighted by molar-refractivity contribution is 14.1. The first-order valence-corrected chi connectivity index (χ1v) is 6.65. The first-order valence-electron chi connectivity index (χ1n) is 4.69. The normalized spacial score (nSPS) is 14.1. The molecule has 0 aliphatic carbocycles. The van der Waals surface area contributed by atoms with Crippen LogP contribution in [0, 0.1) is 2.88 Å². The van der Waals surface area contributed by atoms with Crippen molar-refractivity contribution >= 4 is 33.9 Å². The van der Waals surface area contributed by atoms with E-state index in [9.17, 15) is 13.2 Å². The molecule has 0 radical (unpaired) electrons. The van der Waals surface area contributed by atoms with Crippen LogP contribution in [0.5, 0.6) is 0 Å². The molecule has 16 heavy (non-hydrogen) atoms. The fourth-order valence-corrected chi connectivity index (χ4v) is 2.79. The summed E-state index contributed by atoms with van der Waals surface area (Å²) in [5.41, 5.74) is 3.51. The molecule has 0 saturated heterocycles. The van der Waals surface area contributed by atoms with Gasteiger partial charge >= 0.3 is 6.18 Å². The van der Waals surface area contributed by atoms with E-state index in [0.717, 1.165) is 8.45 Å². The highest BCUT2D eigenvalue weighted by Crippen LogP contribution is 2.28. The second-order valence-corrected chi connectivity index (χ2v) is 6.22. The SMILES string of the molecule is NNC(CCCC(F)(F)F)c1csc(I)c1. The van der Waals surface area contributed by atoms with E-state index in [4.69, 9.17) is 5.84 Å². The summed E-state index contributed by atoms with van der Waals surface area (Å²) in [6.07, 6.45) is -4.36. The van der Waals surface area contributed by atoms with Crippen molar-refractivity contribution in [3.8, 4) is 0 Å². The van der Waals surface area contributed by atoms with Crippen molar-refractivity contribution in [1.29, 1.82) is 0 Å². The Bertz CT molecular complexity index is 327. The van der Waals surface area contributed by atoms with Gasteiger partial charge in [-0.3, -0.25) is 11.3 Å². The van der Waals surface area contributed by atoms with Crippen LogP contribution in [0.2, 0.25) is 0 Å². The van der Waals surface area contributed by atoms with E-state index in [2.05, 4.69) is 28.0 Å². The van der Waals surface area contributed by atoms with E-state index >= 15 is 0 Å². The van der Waals surface area contributed by atoms with Gasteiger partial charge in [-0.1, -0.05) is 0 Å². The summed E-state index contributed by atoms with van der Waals surface area (Å²) in [5.74, 6) is 5.33. The summed E-state index contributed by atoms with van der Waals surface area (Å²) >= 11 is 3.73. The number of hydrogen-bond donors (Lipinski definition) is 2. The number of hydrazine groups is 1. The molecule has 0 aromatic carbocycles. The Morgan fingerprint density at radius 2 is 2.19 bits per heavy atom. The predicted molar refractivity (Wildman–Crippen MR) is 67.0 cm³/mol. The lowest BCUT2D eigenvalue weighted by atomic mass is 10.0. The van der Waals surface area contributed by atoms with Crippen LogP contribution in [0.15, 0.2) is 11.4 Å². The molecule has 92 valence electrons. The molecule has 0 aliphatic heterocycles. The van der Waals surface area contributed by atoms with Gasteiger partial charge in [0.2, 0.25) is 0 Å². The van der Waals surface area contributed by atoms with Crippen molar-refractivity contribution in [2.45, 2.75) is 31.5 Å². The molecule has 2 nitrogen and oxygen atoms in total. The molecule has 0 spiro atoms. The number of nitrogens with one attached hydrogen (secondary N) is 1. The minimum absolute atomic E-state index is 0.0881. The molecule has 7 heteroatoms. The quantitative estimate of drug-likeness (QED) is 0.476.